The van der Waals surface area contributed by atoms with E-state index in [9.17, 15) is 18.0 Å². The van der Waals surface area contributed by atoms with Gasteiger partial charge in [0.15, 0.2) is 0 Å². The van der Waals surface area contributed by atoms with E-state index in [4.69, 9.17) is 9.57 Å². The van der Waals surface area contributed by atoms with Crippen LogP contribution in [0.25, 0.3) is 0 Å². The third-order valence-corrected chi connectivity index (χ3v) is 7.28. The molecule has 10 nitrogen and oxygen atoms in total. The zero-order chi connectivity index (χ0) is 21.9. The SMILES string of the molecule is CCS(=O)(=O)N1CCN(c2ccc(N3C[C@@H](CON(C)C(=O)S)OC3=O)cc2)CC1. The van der Waals surface area contributed by atoms with Crippen molar-refractivity contribution in [2.24, 2.45) is 0 Å². The quantitative estimate of drug-likeness (QED) is 0.487. The fraction of sp³-hybridized carbons (Fsp3) is 0.556. The minimum absolute atomic E-state index is 0.0497. The predicted molar refractivity (Wildman–Crippen MR) is 115 cm³/mol. The Balaban J connectivity index is 1.56. The normalized spacial score (nSPS) is 20.4. The molecular weight excluding hydrogens is 432 g/mol. The minimum atomic E-state index is -3.16. The zero-order valence-electron chi connectivity index (χ0n) is 16.9. The van der Waals surface area contributed by atoms with Crippen molar-refractivity contribution in [1.82, 2.24) is 9.37 Å². The van der Waals surface area contributed by atoms with Crippen LogP contribution in [0.15, 0.2) is 24.3 Å². The molecular formula is C18H26N4O6S2. The van der Waals surface area contributed by atoms with Crippen molar-refractivity contribution >= 4 is 45.4 Å². The first kappa shape index (κ1) is 22.7. The molecule has 0 unspecified atom stereocenters. The number of carbonyl (C=O) groups excluding carboxylic acids is 2. The number of hydroxylamine groups is 2. The average Bonchev–Trinajstić information content (AvgIpc) is 3.12. The summed E-state index contributed by atoms with van der Waals surface area (Å²) >= 11 is 3.65. The molecule has 0 aromatic heterocycles. The summed E-state index contributed by atoms with van der Waals surface area (Å²) < 4.78 is 30.8. The Morgan fingerprint density at radius 1 is 1.20 bits per heavy atom. The van der Waals surface area contributed by atoms with E-state index in [1.807, 2.05) is 24.3 Å². The van der Waals surface area contributed by atoms with Gasteiger partial charge in [-0.3, -0.25) is 14.5 Å². The summed E-state index contributed by atoms with van der Waals surface area (Å²) in [5.41, 5.74) is 1.66. The monoisotopic (exact) mass is 458 g/mol. The first-order valence-electron chi connectivity index (χ1n) is 9.62. The Morgan fingerprint density at radius 2 is 1.80 bits per heavy atom. The fourth-order valence-electron chi connectivity index (χ4n) is 3.32. The number of rotatable bonds is 7. The number of piperazine rings is 1. The van der Waals surface area contributed by atoms with Gasteiger partial charge in [0.2, 0.25) is 10.0 Å². The lowest BCUT2D eigenvalue weighted by molar-refractivity contribution is -0.113. The summed E-state index contributed by atoms with van der Waals surface area (Å²) in [6.07, 6.45) is -0.976. The van der Waals surface area contributed by atoms with Gasteiger partial charge in [-0.25, -0.2) is 18.3 Å². The van der Waals surface area contributed by atoms with E-state index in [0.29, 0.717) is 38.4 Å². The van der Waals surface area contributed by atoms with Gasteiger partial charge >= 0.3 is 11.3 Å². The number of anilines is 2. The van der Waals surface area contributed by atoms with Crippen LogP contribution in [-0.4, -0.2) is 87.4 Å². The Kier molecular flexibility index (Phi) is 7.11. The van der Waals surface area contributed by atoms with Crippen molar-refractivity contribution < 1.29 is 27.6 Å². The molecule has 166 valence electrons. The molecule has 0 spiro atoms. The third-order valence-electron chi connectivity index (χ3n) is 5.12. The average molecular weight is 459 g/mol. The number of hydrogen-bond donors (Lipinski definition) is 1. The van der Waals surface area contributed by atoms with Gasteiger partial charge in [0.1, 0.15) is 12.7 Å². The molecule has 1 atom stereocenters. The molecule has 2 aliphatic rings. The van der Waals surface area contributed by atoms with Gasteiger partial charge < -0.3 is 9.64 Å². The van der Waals surface area contributed by atoms with Gasteiger partial charge in [0.25, 0.3) is 0 Å². The molecule has 2 amide bonds. The molecule has 2 saturated heterocycles. The standard InChI is InChI=1S/C18H26N4O6S2/c1-3-30(25,26)21-10-8-20(9-11-21)14-4-6-15(7-5-14)22-12-16(28-17(22)23)13-27-19(2)18(24)29/h4-7,16H,3,8-13H2,1-2H3,(H,24,29)/t16-/m0/s1. The summed E-state index contributed by atoms with van der Waals surface area (Å²) in [7, 11) is -1.73. The molecule has 12 heteroatoms. The second kappa shape index (κ2) is 9.41. The van der Waals surface area contributed by atoms with Crippen LogP contribution >= 0.6 is 12.6 Å². The van der Waals surface area contributed by atoms with Crippen molar-refractivity contribution in [2.45, 2.75) is 13.0 Å². The van der Waals surface area contributed by atoms with Gasteiger partial charge in [-0.05, 0) is 31.2 Å². The molecule has 0 bridgehead atoms. The zero-order valence-corrected chi connectivity index (χ0v) is 18.6. The number of cyclic esters (lactones) is 1. The molecule has 0 aliphatic carbocycles. The maximum Gasteiger partial charge on any atom is 0.414 e. The molecule has 1 aromatic carbocycles. The lowest BCUT2D eigenvalue weighted by Gasteiger charge is -2.35. The Bertz CT molecular complexity index is 871. The highest BCUT2D eigenvalue weighted by atomic mass is 32.2. The van der Waals surface area contributed by atoms with E-state index in [1.165, 1.54) is 16.3 Å². The molecule has 2 fully saturated rings. The molecule has 0 N–H and O–H groups in total. The maximum atomic E-state index is 12.2. The first-order chi connectivity index (χ1) is 14.2. The molecule has 0 saturated carbocycles. The van der Waals surface area contributed by atoms with Crippen LogP contribution in [0.5, 0.6) is 0 Å². The van der Waals surface area contributed by atoms with Crippen molar-refractivity contribution in [3.8, 4) is 0 Å². The van der Waals surface area contributed by atoms with E-state index in [-0.39, 0.29) is 12.4 Å². The summed E-state index contributed by atoms with van der Waals surface area (Å²) in [6.45, 7) is 4.15. The molecule has 2 aliphatic heterocycles. The van der Waals surface area contributed by atoms with E-state index in [0.717, 1.165) is 10.8 Å². The summed E-state index contributed by atoms with van der Waals surface area (Å²) in [6, 6.07) is 7.48. The number of amides is 2. The summed E-state index contributed by atoms with van der Waals surface area (Å²) in [5.74, 6) is 0.112. The van der Waals surface area contributed by atoms with Gasteiger partial charge in [-0.1, -0.05) is 12.6 Å². The third kappa shape index (κ3) is 5.17. The van der Waals surface area contributed by atoms with Crippen LogP contribution in [-0.2, 0) is 19.6 Å². The second-order valence-electron chi connectivity index (χ2n) is 7.00. The van der Waals surface area contributed by atoms with Gasteiger partial charge in [-0.15, -0.1) is 0 Å². The highest BCUT2D eigenvalue weighted by Crippen LogP contribution is 2.26. The topological polar surface area (TPSA) is 99.7 Å². The van der Waals surface area contributed by atoms with Crippen molar-refractivity contribution in [2.75, 3.05) is 61.9 Å². The molecule has 30 heavy (non-hydrogen) atoms. The number of benzene rings is 1. The minimum Gasteiger partial charge on any atom is -0.441 e. The maximum absolute atomic E-state index is 12.2. The molecule has 2 heterocycles. The van der Waals surface area contributed by atoms with E-state index >= 15 is 0 Å². The highest BCUT2D eigenvalue weighted by Gasteiger charge is 2.33. The molecule has 1 aromatic rings. The van der Waals surface area contributed by atoms with Crippen molar-refractivity contribution in [1.29, 1.82) is 0 Å². The second-order valence-corrected chi connectivity index (χ2v) is 9.64. The van der Waals surface area contributed by atoms with Crippen molar-refractivity contribution in [3.63, 3.8) is 0 Å². The van der Waals surface area contributed by atoms with Crippen LogP contribution in [0.1, 0.15) is 6.92 Å². The van der Waals surface area contributed by atoms with Crippen LogP contribution in [0.2, 0.25) is 0 Å². The van der Waals surface area contributed by atoms with Gasteiger partial charge in [0.05, 0.1) is 12.3 Å². The first-order valence-corrected chi connectivity index (χ1v) is 11.7. The largest absolute Gasteiger partial charge is 0.441 e. The molecule has 0 radical (unpaired) electrons. The Hall–Kier alpha value is -2.02. The van der Waals surface area contributed by atoms with E-state index in [1.54, 1.807) is 6.92 Å². The summed E-state index contributed by atoms with van der Waals surface area (Å²) in [5, 5.41) is 0.430. The van der Waals surface area contributed by atoms with Gasteiger partial charge in [-0.2, -0.15) is 4.31 Å². The van der Waals surface area contributed by atoms with Crippen LogP contribution in [0.3, 0.4) is 0 Å². The number of ether oxygens (including phenoxy) is 1. The van der Waals surface area contributed by atoms with E-state index in [2.05, 4.69) is 17.5 Å². The lowest BCUT2D eigenvalue weighted by Crippen LogP contribution is -2.49. The number of carbonyl (C=O) groups is 2. The predicted octanol–water partition coefficient (Wildman–Crippen LogP) is 1.40. The fourth-order valence-corrected chi connectivity index (χ4v) is 4.46. The lowest BCUT2D eigenvalue weighted by atomic mass is 10.2. The van der Waals surface area contributed by atoms with Crippen LogP contribution < -0.4 is 9.80 Å². The highest BCUT2D eigenvalue weighted by molar-refractivity contribution is 7.96. The molecule has 3 rings (SSSR count). The van der Waals surface area contributed by atoms with E-state index < -0.39 is 27.5 Å². The number of hydrogen-bond acceptors (Lipinski definition) is 7. The van der Waals surface area contributed by atoms with Crippen molar-refractivity contribution in [3.05, 3.63) is 24.3 Å². The smallest absolute Gasteiger partial charge is 0.414 e. The van der Waals surface area contributed by atoms with Crippen LogP contribution in [0, 0.1) is 0 Å². The number of nitrogens with zero attached hydrogens (tertiary/aromatic N) is 4. The Morgan fingerprint density at radius 3 is 2.37 bits per heavy atom. The number of sulfonamides is 1. The van der Waals surface area contributed by atoms with Crippen LogP contribution in [0.4, 0.5) is 21.0 Å². The van der Waals surface area contributed by atoms with Gasteiger partial charge in [0, 0.05) is 44.6 Å². The number of thiol groups is 1. The summed E-state index contributed by atoms with van der Waals surface area (Å²) in [4.78, 5) is 32.1. The Labute approximate surface area is 181 Å².